The maximum Gasteiger partial charge on any atom is 0.344 e. The first-order chi connectivity index (χ1) is 17.1. The molecule has 35 heavy (non-hydrogen) atoms. The fourth-order valence-electron chi connectivity index (χ4n) is 4.48. The van der Waals surface area contributed by atoms with Crippen LogP contribution in [0.15, 0.2) is 69.9 Å². The quantitative estimate of drug-likeness (QED) is 0.354. The zero-order valence-corrected chi connectivity index (χ0v) is 20.0. The molecule has 0 N–H and O–H groups in total. The molecule has 0 saturated heterocycles. The van der Waals surface area contributed by atoms with Crippen molar-refractivity contribution >= 4 is 11.0 Å². The van der Waals surface area contributed by atoms with Gasteiger partial charge >= 0.3 is 5.63 Å². The maximum atomic E-state index is 13.0. The maximum absolute atomic E-state index is 13.0. The van der Waals surface area contributed by atoms with Crippen LogP contribution in [0.1, 0.15) is 11.1 Å². The number of ether oxygens (including phenoxy) is 4. The number of methoxy groups -OCH3 is 3. The van der Waals surface area contributed by atoms with Gasteiger partial charge in [-0.2, -0.15) is 0 Å². The van der Waals surface area contributed by atoms with Gasteiger partial charge in [-0.05, 0) is 53.9 Å². The normalized spacial score (nSPS) is 13.2. The van der Waals surface area contributed by atoms with E-state index in [1.807, 2.05) is 42.5 Å². The van der Waals surface area contributed by atoms with Crippen molar-refractivity contribution in [2.45, 2.75) is 13.0 Å². The third kappa shape index (κ3) is 4.42. The molecular weight excluding hydrogens is 446 g/mol. The van der Waals surface area contributed by atoms with E-state index in [1.54, 1.807) is 33.5 Å². The molecule has 0 spiro atoms. The van der Waals surface area contributed by atoms with Gasteiger partial charge in [-0.3, -0.25) is 4.90 Å². The average molecular weight is 474 g/mol. The molecular formula is C28H27NO6. The fourth-order valence-corrected chi connectivity index (χ4v) is 4.48. The molecule has 1 aromatic heterocycles. The molecule has 7 nitrogen and oxygen atoms in total. The highest BCUT2D eigenvalue weighted by Crippen LogP contribution is 2.35. The highest BCUT2D eigenvalue weighted by atomic mass is 16.5. The third-order valence-electron chi connectivity index (χ3n) is 6.33. The van der Waals surface area contributed by atoms with Crippen LogP contribution < -0.4 is 24.6 Å². The van der Waals surface area contributed by atoms with Crippen molar-refractivity contribution in [2.75, 3.05) is 34.6 Å². The molecule has 0 unspecified atom stereocenters. The molecule has 1 aliphatic rings. The number of rotatable bonds is 7. The van der Waals surface area contributed by atoms with Crippen LogP contribution in [0.3, 0.4) is 0 Å². The van der Waals surface area contributed by atoms with Crippen LogP contribution in [-0.2, 0) is 13.0 Å². The summed E-state index contributed by atoms with van der Waals surface area (Å²) in [4.78, 5) is 15.2. The molecule has 0 aliphatic carbocycles. The highest BCUT2D eigenvalue weighted by molar-refractivity contribution is 5.86. The van der Waals surface area contributed by atoms with Crippen molar-refractivity contribution in [1.29, 1.82) is 0 Å². The zero-order chi connectivity index (χ0) is 24.4. The number of fused-ring (bicyclic) bond motifs is 3. The van der Waals surface area contributed by atoms with Gasteiger partial charge in [0.15, 0.2) is 11.5 Å². The Labute approximate surface area is 203 Å². The summed E-state index contributed by atoms with van der Waals surface area (Å²) in [6.45, 7) is 1.88. The van der Waals surface area contributed by atoms with Crippen molar-refractivity contribution in [3.05, 3.63) is 82.2 Å². The Morgan fingerprint density at radius 3 is 2.49 bits per heavy atom. The summed E-state index contributed by atoms with van der Waals surface area (Å²) in [5.41, 5.74) is 3.33. The lowest BCUT2D eigenvalue weighted by molar-refractivity contribution is 0.0966. The molecule has 0 radical (unpaired) electrons. The summed E-state index contributed by atoms with van der Waals surface area (Å²) in [7, 11) is 4.83. The molecule has 0 bridgehead atoms. The molecule has 0 amide bonds. The first-order valence-corrected chi connectivity index (χ1v) is 11.4. The Morgan fingerprint density at radius 2 is 1.69 bits per heavy atom. The van der Waals surface area contributed by atoms with Crippen LogP contribution in [-0.4, -0.2) is 39.5 Å². The van der Waals surface area contributed by atoms with E-state index in [-0.39, 0.29) is 0 Å². The summed E-state index contributed by atoms with van der Waals surface area (Å²) >= 11 is 0. The van der Waals surface area contributed by atoms with Crippen molar-refractivity contribution in [3.63, 3.8) is 0 Å². The minimum atomic E-state index is -0.413. The van der Waals surface area contributed by atoms with Gasteiger partial charge in [0.05, 0.1) is 32.5 Å². The van der Waals surface area contributed by atoms with E-state index in [9.17, 15) is 4.79 Å². The molecule has 3 aromatic carbocycles. The minimum Gasteiger partial charge on any atom is -0.496 e. The van der Waals surface area contributed by atoms with Gasteiger partial charge in [-0.15, -0.1) is 0 Å². The van der Waals surface area contributed by atoms with Crippen molar-refractivity contribution in [1.82, 2.24) is 4.90 Å². The predicted molar refractivity (Wildman–Crippen MR) is 134 cm³/mol. The van der Waals surface area contributed by atoms with E-state index in [0.717, 1.165) is 41.0 Å². The Kier molecular flexibility index (Phi) is 6.33. The lowest BCUT2D eigenvalue weighted by Crippen LogP contribution is -2.33. The van der Waals surface area contributed by atoms with E-state index in [2.05, 4.69) is 11.0 Å². The molecule has 5 rings (SSSR count). The molecule has 0 fully saturated rings. The number of hydrogen-bond donors (Lipinski definition) is 0. The largest absolute Gasteiger partial charge is 0.496 e. The summed E-state index contributed by atoms with van der Waals surface area (Å²) in [6.07, 6.45) is 0.820. The molecule has 180 valence electrons. The van der Waals surface area contributed by atoms with Crippen LogP contribution >= 0.6 is 0 Å². The van der Waals surface area contributed by atoms with E-state index in [0.29, 0.717) is 41.5 Å². The SMILES string of the molecule is COc1ccccc1CCN1COc2ccc3cc(-c4ccc(OC)c(OC)c4)c(=O)oc3c2C1. The second kappa shape index (κ2) is 9.72. The van der Waals surface area contributed by atoms with Gasteiger partial charge in [0.1, 0.15) is 23.8 Å². The number of hydrogen-bond acceptors (Lipinski definition) is 7. The first-order valence-electron chi connectivity index (χ1n) is 11.4. The summed E-state index contributed by atoms with van der Waals surface area (Å²) in [6, 6.07) is 19.1. The van der Waals surface area contributed by atoms with Crippen LogP contribution in [0.2, 0.25) is 0 Å². The van der Waals surface area contributed by atoms with Crippen molar-refractivity contribution < 1.29 is 23.4 Å². The summed E-state index contributed by atoms with van der Waals surface area (Å²) < 4.78 is 28.0. The van der Waals surface area contributed by atoms with Crippen LogP contribution in [0.25, 0.3) is 22.1 Å². The standard InChI is InChI=1S/C28H27NO6/c1-31-23-7-5-4-6-18(23)12-13-29-16-22-24(34-17-29)10-9-20-14-21(28(30)35-27(20)22)19-8-11-25(32-2)26(15-19)33-3/h4-11,14-15H,12-13,16-17H2,1-3H3. The number of para-hydroxylation sites is 1. The molecule has 0 atom stereocenters. The van der Waals surface area contributed by atoms with Gasteiger partial charge in [-0.25, -0.2) is 4.79 Å². The Hall–Kier alpha value is -3.97. The van der Waals surface area contributed by atoms with E-state index < -0.39 is 5.63 Å². The average Bonchev–Trinajstić information content (AvgIpc) is 2.91. The monoisotopic (exact) mass is 473 g/mol. The Morgan fingerprint density at radius 1 is 0.886 bits per heavy atom. The van der Waals surface area contributed by atoms with Gasteiger partial charge in [0, 0.05) is 18.5 Å². The fraction of sp³-hybridized carbons (Fsp3) is 0.250. The van der Waals surface area contributed by atoms with Crippen molar-refractivity contribution in [2.24, 2.45) is 0 Å². The lowest BCUT2D eigenvalue weighted by Gasteiger charge is -2.29. The van der Waals surface area contributed by atoms with Crippen LogP contribution in [0.4, 0.5) is 0 Å². The topological polar surface area (TPSA) is 70.4 Å². The second-order valence-corrected chi connectivity index (χ2v) is 8.37. The number of benzene rings is 3. The van der Waals surface area contributed by atoms with Crippen LogP contribution in [0.5, 0.6) is 23.0 Å². The minimum absolute atomic E-state index is 0.413. The summed E-state index contributed by atoms with van der Waals surface area (Å²) in [5, 5.41) is 0.836. The second-order valence-electron chi connectivity index (χ2n) is 8.37. The molecule has 2 heterocycles. The van der Waals surface area contributed by atoms with Gasteiger partial charge in [0.25, 0.3) is 0 Å². The smallest absolute Gasteiger partial charge is 0.344 e. The number of nitrogens with zero attached hydrogens (tertiary/aromatic N) is 1. The van der Waals surface area contributed by atoms with E-state index in [4.69, 9.17) is 23.4 Å². The lowest BCUT2D eigenvalue weighted by atomic mass is 10.0. The molecule has 1 aliphatic heterocycles. The highest BCUT2D eigenvalue weighted by Gasteiger charge is 2.22. The summed E-state index contributed by atoms with van der Waals surface area (Å²) in [5.74, 6) is 2.77. The Balaban J connectivity index is 1.44. The van der Waals surface area contributed by atoms with Crippen molar-refractivity contribution in [3.8, 4) is 34.1 Å². The molecule has 0 saturated carbocycles. The van der Waals surface area contributed by atoms with E-state index in [1.165, 1.54) is 0 Å². The first kappa shape index (κ1) is 22.8. The van der Waals surface area contributed by atoms with E-state index >= 15 is 0 Å². The van der Waals surface area contributed by atoms with Gasteiger partial charge < -0.3 is 23.4 Å². The molecule has 7 heteroatoms. The van der Waals surface area contributed by atoms with Crippen LogP contribution in [0, 0.1) is 0 Å². The zero-order valence-electron chi connectivity index (χ0n) is 20.0. The predicted octanol–water partition coefficient (Wildman–Crippen LogP) is 4.88. The van der Waals surface area contributed by atoms with Gasteiger partial charge in [-0.1, -0.05) is 24.3 Å². The Bertz CT molecular complexity index is 1430. The van der Waals surface area contributed by atoms with Gasteiger partial charge in [0.2, 0.25) is 0 Å². The molecule has 4 aromatic rings. The third-order valence-corrected chi connectivity index (χ3v) is 6.33.